The number of benzene rings is 1. The second-order valence-corrected chi connectivity index (χ2v) is 7.30. The summed E-state index contributed by atoms with van der Waals surface area (Å²) in [4.78, 5) is 27.6. The van der Waals surface area contributed by atoms with Crippen LogP contribution in [0.25, 0.3) is 10.9 Å². The summed E-state index contributed by atoms with van der Waals surface area (Å²) in [6.45, 7) is 3.42. The van der Waals surface area contributed by atoms with Gasteiger partial charge in [0.2, 0.25) is 0 Å². The molecule has 3 aromatic rings. The Morgan fingerprint density at radius 1 is 1.07 bits per heavy atom. The lowest BCUT2D eigenvalue weighted by molar-refractivity contribution is 0.0759. The second-order valence-electron chi connectivity index (χ2n) is 7.30. The Hall–Kier alpha value is -2.82. The highest BCUT2D eigenvalue weighted by molar-refractivity contribution is 5.93. The van der Waals surface area contributed by atoms with Gasteiger partial charge in [-0.3, -0.25) is 9.78 Å². The van der Waals surface area contributed by atoms with Crippen LogP contribution in [0, 0.1) is 12.8 Å². The molecule has 3 heterocycles. The largest absolute Gasteiger partial charge is 0.339 e. The van der Waals surface area contributed by atoms with Gasteiger partial charge < -0.3 is 4.90 Å². The monoisotopic (exact) mass is 360 g/mol. The molecule has 1 fully saturated rings. The van der Waals surface area contributed by atoms with Crippen molar-refractivity contribution >= 4 is 16.8 Å². The van der Waals surface area contributed by atoms with E-state index in [1.54, 1.807) is 12.4 Å². The lowest BCUT2D eigenvalue weighted by Gasteiger charge is -2.20. The first-order valence-electron chi connectivity index (χ1n) is 9.61. The minimum absolute atomic E-state index is 0.0440. The van der Waals surface area contributed by atoms with Crippen LogP contribution in [0.1, 0.15) is 41.0 Å². The molecular weight excluding hydrogens is 336 g/mol. The highest BCUT2D eigenvalue weighted by atomic mass is 16.2. The lowest BCUT2D eigenvalue weighted by Crippen LogP contribution is -2.32. The fourth-order valence-electron chi connectivity index (χ4n) is 3.90. The molecule has 0 aliphatic carbocycles. The summed E-state index contributed by atoms with van der Waals surface area (Å²) < 4.78 is 0. The van der Waals surface area contributed by atoms with E-state index in [1.165, 1.54) is 10.9 Å². The maximum Gasteiger partial charge on any atom is 0.256 e. The van der Waals surface area contributed by atoms with E-state index in [-0.39, 0.29) is 5.91 Å². The van der Waals surface area contributed by atoms with E-state index < -0.39 is 0 Å². The number of hydrogen-bond donors (Lipinski definition) is 0. The Morgan fingerprint density at radius 3 is 2.74 bits per heavy atom. The number of para-hydroxylation sites is 1. The first-order valence-corrected chi connectivity index (χ1v) is 9.61. The highest BCUT2D eigenvalue weighted by Gasteiger charge is 2.22. The van der Waals surface area contributed by atoms with Crippen LogP contribution < -0.4 is 0 Å². The maximum absolute atomic E-state index is 12.7. The van der Waals surface area contributed by atoms with E-state index in [0.717, 1.165) is 44.3 Å². The van der Waals surface area contributed by atoms with Crippen molar-refractivity contribution in [3.05, 3.63) is 65.9 Å². The lowest BCUT2D eigenvalue weighted by atomic mass is 9.91. The molecule has 1 aromatic carbocycles. The fraction of sp³-hybridized carbons (Fsp3) is 0.364. The topological polar surface area (TPSA) is 59.0 Å². The summed E-state index contributed by atoms with van der Waals surface area (Å²) in [5.74, 6) is 1.30. The van der Waals surface area contributed by atoms with Gasteiger partial charge in [0.25, 0.3) is 5.91 Å². The van der Waals surface area contributed by atoms with Gasteiger partial charge in [-0.1, -0.05) is 24.3 Å². The van der Waals surface area contributed by atoms with Gasteiger partial charge in [-0.25, -0.2) is 9.97 Å². The van der Waals surface area contributed by atoms with Crippen molar-refractivity contribution in [1.29, 1.82) is 0 Å². The van der Waals surface area contributed by atoms with E-state index in [4.69, 9.17) is 0 Å². The zero-order valence-electron chi connectivity index (χ0n) is 15.6. The molecule has 2 aromatic heterocycles. The van der Waals surface area contributed by atoms with Gasteiger partial charge in [0, 0.05) is 37.1 Å². The van der Waals surface area contributed by atoms with Gasteiger partial charge in [-0.15, -0.1) is 0 Å². The number of pyridine rings is 1. The fourth-order valence-corrected chi connectivity index (χ4v) is 3.90. The molecule has 5 nitrogen and oxygen atoms in total. The number of nitrogens with zero attached hydrogens (tertiary/aromatic N) is 4. The molecule has 0 spiro atoms. The molecule has 0 unspecified atom stereocenters. The number of aryl methyl sites for hydroxylation is 1. The zero-order chi connectivity index (χ0) is 18.6. The van der Waals surface area contributed by atoms with Gasteiger partial charge >= 0.3 is 0 Å². The first kappa shape index (κ1) is 17.6. The molecule has 0 saturated carbocycles. The third-order valence-corrected chi connectivity index (χ3v) is 5.39. The number of carbonyl (C=O) groups excluding carboxylic acids is 1. The van der Waals surface area contributed by atoms with E-state index >= 15 is 0 Å². The average molecular weight is 360 g/mol. The summed E-state index contributed by atoms with van der Waals surface area (Å²) in [6.07, 6.45) is 9.33. The minimum Gasteiger partial charge on any atom is -0.339 e. The van der Waals surface area contributed by atoms with E-state index in [1.807, 2.05) is 24.1 Å². The number of fused-ring (bicyclic) bond motifs is 1. The number of likely N-dealkylation sites (tertiary alicyclic amines) is 1. The Kier molecular flexibility index (Phi) is 5.10. The van der Waals surface area contributed by atoms with Gasteiger partial charge in [-0.05, 0) is 50.2 Å². The average Bonchev–Trinajstić information content (AvgIpc) is 2.94. The molecule has 0 N–H and O–H groups in total. The van der Waals surface area contributed by atoms with Gasteiger partial charge in [0.1, 0.15) is 5.82 Å². The molecule has 0 bridgehead atoms. The summed E-state index contributed by atoms with van der Waals surface area (Å²) in [5.41, 5.74) is 3.00. The van der Waals surface area contributed by atoms with Crippen molar-refractivity contribution in [3.8, 4) is 0 Å². The van der Waals surface area contributed by atoms with Crippen LogP contribution in [0.5, 0.6) is 0 Å². The van der Waals surface area contributed by atoms with Crippen LogP contribution in [0.4, 0.5) is 0 Å². The molecule has 27 heavy (non-hydrogen) atoms. The predicted octanol–water partition coefficient (Wildman–Crippen LogP) is 3.82. The van der Waals surface area contributed by atoms with Crippen LogP contribution in [0.2, 0.25) is 0 Å². The zero-order valence-corrected chi connectivity index (χ0v) is 15.6. The number of aromatic nitrogens is 3. The van der Waals surface area contributed by atoms with Crippen LogP contribution in [-0.2, 0) is 6.42 Å². The highest BCUT2D eigenvalue weighted by Crippen LogP contribution is 2.26. The third-order valence-electron chi connectivity index (χ3n) is 5.39. The summed E-state index contributed by atoms with van der Waals surface area (Å²) in [7, 11) is 0. The summed E-state index contributed by atoms with van der Waals surface area (Å²) in [5, 5.41) is 1.19. The molecule has 1 saturated heterocycles. The van der Waals surface area contributed by atoms with Crippen LogP contribution in [0.15, 0.2) is 48.9 Å². The van der Waals surface area contributed by atoms with Crippen molar-refractivity contribution < 1.29 is 4.79 Å². The predicted molar refractivity (Wildman–Crippen MR) is 105 cm³/mol. The number of rotatable bonds is 3. The third kappa shape index (κ3) is 3.97. The first-order chi connectivity index (χ1) is 13.2. The number of hydrogen-bond acceptors (Lipinski definition) is 4. The minimum atomic E-state index is 0.0440. The molecule has 138 valence electrons. The van der Waals surface area contributed by atoms with E-state index in [2.05, 4.69) is 39.2 Å². The molecule has 1 aliphatic rings. The standard InChI is InChI=1S/C22H24N4O/c1-16-24-14-20(15-25-16)22(27)26-11-4-5-17(9-12-26)13-19-7-2-6-18-8-3-10-23-21(18)19/h2-3,6-8,10,14-15,17H,4-5,9,11-13H2,1H3/t17-/m0/s1. The van der Waals surface area contributed by atoms with E-state index in [0.29, 0.717) is 17.3 Å². The van der Waals surface area contributed by atoms with Gasteiger partial charge in [0.15, 0.2) is 0 Å². The van der Waals surface area contributed by atoms with Crippen LogP contribution in [0.3, 0.4) is 0 Å². The van der Waals surface area contributed by atoms with Crippen LogP contribution in [-0.4, -0.2) is 38.8 Å². The van der Waals surface area contributed by atoms with Crippen LogP contribution >= 0.6 is 0 Å². The van der Waals surface area contributed by atoms with Crippen molar-refractivity contribution in [2.45, 2.75) is 32.6 Å². The number of carbonyl (C=O) groups is 1. The Labute approximate surface area is 159 Å². The van der Waals surface area contributed by atoms with Gasteiger partial charge in [-0.2, -0.15) is 0 Å². The van der Waals surface area contributed by atoms with Crippen molar-refractivity contribution in [2.24, 2.45) is 5.92 Å². The maximum atomic E-state index is 12.7. The second kappa shape index (κ2) is 7.82. The Morgan fingerprint density at radius 2 is 1.89 bits per heavy atom. The van der Waals surface area contributed by atoms with Gasteiger partial charge in [0.05, 0.1) is 11.1 Å². The normalized spacial score (nSPS) is 17.7. The SMILES string of the molecule is Cc1ncc(C(=O)N2CCC[C@H](Cc3cccc4cccnc34)CC2)cn1. The molecule has 1 amide bonds. The van der Waals surface area contributed by atoms with Crippen molar-refractivity contribution in [2.75, 3.05) is 13.1 Å². The molecule has 1 aliphatic heterocycles. The summed E-state index contributed by atoms with van der Waals surface area (Å²) >= 11 is 0. The Balaban J connectivity index is 1.44. The molecule has 0 radical (unpaired) electrons. The quantitative estimate of drug-likeness (QED) is 0.712. The molecule has 4 rings (SSSR count). The Bertz CT molecular complexity index is 933. The molecule has 1 atom stereocenters. The van der Waals surface area contributed by atoms with Crippen molar-refractivity contribution in [1.82, 2.24) is 19.9 Å². The van der Waals surface area contributed by atoms with Crippen molar-refractivity contribution in [3.63, 3.8) is 0 Å². The van der Waals surface area contributed by atoms with E-state index in [9.17, 15) is 4.79 Å². The molecule has 5 heteroatoms. The molecular formula is C22H24N4O. The smallest absolute Gasteiger partial charge is 0.256 e. The number of amides is 1. The summed E-state index contributed by atoms with van der Waals surface area (Å²) in [6, 6.07) is 10.5.